The summed E-state index contributed by atoms with van der Waals surface area (Å²) < 4.78 is 4.50. The van der Waals surface area contributed by atoms with Gasteiger partial charge in [0.1, 0.15) is 0 Å². The van der Waals surface area contributed by atoms with Crippen molar-refractivity contribution in [3.8, 4) is 0 Å². The highest BCUT2D eigenvalue weighted by atomic mass is 16.6. The summed E-state index contributed by atoms with van der Waals surface area (Å²) in [5, 5.41) is 5.85. The van der Waals surface area contributed by atoms with Crippen LogP contribution in [-0.4, -0.2) is 19.1 Å². The Balaban J connectivity index is 0.0000000833. The van der Waals surface area contributed by atoms with E-state index in [2.05, 4.69) is 11.3 Å². The van der Waals surface area contributed by atoms with Gasteiger partial charge in [0.15, 0.2) is 0 Å². The van der Waals surface area contributed by atoms with E-state index in [1.165, 1.54) is 0 Å². The quantitative estimate of drug-likeness (QED) is 0.336. The molecule has 1 rings (SSSR count). The number of nitrogens with one attached hydrogen (secondary N) is 1. The van der Waals surface area contributed by atoms with E-state index in [9.17, 15) is 0 Å². The standard InChI is InChI=1S/C2H3N.C2H4O/c1-2-3;1-2-3-1/h3H,1H2;1-2H2. The van der Waals surface area contributed by atoms with E-state index in [0.29, 0.717) is 0 Å². The molecule has 0 aromatic carbocycles. The van der Waals surface area contributed by atoms with Gasteiger partial charge in [-0.3, -0.25) is 5.41 Å². The number of epoxide rings is 1. The lowest BCUT2D eigenvalue weighted by atomic mass is 11.0. The fraction of sp³-hybridized carbons (Fsp3) is 0.500. The van der Waals surface area contributed by atoms with Crippen LogP contribution in [0.4, 0.5) is 0 Å². The molecule has 1 aliphatic rings. The largest absolute Gasteiger partial charge is 0.377 e. The van der Waals surface area contributed by atoms with Gasteiger partial charge in [-0.15, -0.1) is 0 Å². The smallest absolute Gasteiger partial charge is 0.0701 e. The van der Waals surface area contributed by atoms with Crippen molar-refractivity contribution in [3.63, 3.8) is 0 Å². The van der Waals surface area contributed by atoms with E-state index in [1.54, 1.807) is 5.87 Å². The van der Waals surface area contributed by atoms with E-state index in [4.69, 9.17) is 5.41 Å². The molecule has 0 spiro atoms. The monoisotopic (exact) mass is 85.1 g/mol. The minimum absolute atomic E-state index is 1.00. The van der Waals surface area contributed by atoms with Gasteiger partial charge in [-0.05, 0) is 12.4 Å². The molecule has 0 radical (unpaired) electrons. The van der Waals surface area contributed by atoms with Crippen LogP contribution < -0.4 is 0 Å². The summed E-state index contributed by atoms with van der Waals surface area (Å²) in [5.74, 6) is 1.75. The molecule has 0 bridgehead atoms. The number of hydrogen-bond acceptors (Lipinski definition) is 2. The predicted molar refractivity (Wildman–Crippen MR) is 24.2 cm³/mol. The first-order valence-corrected chi connectivity index (χ1v) is 1.68. The molecule has 0 amide bonds. The van der Waals surface area contributed by atoms with Crippen LogP contribution in [0.3, 0.4) is 0 Å². The molecule has 1 aliphatic heterocycles. The van der Waals surface area contributed by atoms with Gasteiger partial charge in [0, 0.05) is 0 Å². The third-order valence-electron chi connectivity index (χ3n) is 0.204. The minimum Gasteiger partial charge on any atom is -0.377 e. The summed E-state index contributed by atoms with van der Waals surface area (Å²) in [6, 6.07) is 0. The van der Waals surface area contributed by atoms with E-state index >= 15 is 0 Å². The fourth-order valence-electron chi connectivity index (χ4n) is 0. The summed E-state index contributed by atoms with van der Waals surface area (Å²) in [5.41, 5.74) is 0. The maximum absolute atomic E-state index is 5.85. The molecular weight excluding hydrogens is 78.0 g/mol. The van der Waals surface area contributed by atoms with Crippen LogP contribution in [0.15, 0.2) is 6.58 Å². The Labute approximate surface area is 36.9 Å². The Morgan fingerprint density at radius 1 is 1.67 bits per heavy atom. The van der Waals surface area contributed by atoms with Crippen molar-refractivity contribution < 1.29 is 4.74 Å². The molecule has 2 heteroatoms. The van der Waals surface area contributed by atoms with E-state index in [-0.39, 0.29) is 0 Å². The minimum atomic E-state index is 1.00. The number of hydrogen-bond donors (Lipinski definition) is 1. The van der Waals surface area contributed by atoms with Crippen LogP contribution in [0.25, 0.3) is 0 Å². The first-order chi connectivity index (χ1) is 2.91. The van der Waals surface area contributed by atoms with Crippen LogP contribution in [0, 0.1) is 5.41 Å². The molecule has 0 saturated carbocycles. The van der Waals surface area contributed by atoms with Crippen molar-refractivity contribution in [1.29, 1.82) is 5.41 Å². The van der Waals surface area contributed by atoms with Crippen LogP contribution >= 0.6 is 0 Å². The summed E-state index contributed by atoms with van der Waals surface area (Å²) in [6.45, 7) is 4.90. The Bertz CT molecular complexity index is 49.8. The molecular formula is C4H7NO. The maximum atomic E-state index is 5.85. The molecule has 1 heterocycles. The van der Waals surface area contributed by atoms with Gasteiger partial charge in [-0.2, -0.15) is 0 Å². The summed E-state index contributed by atoms with van der Waals surface area (Å²) in [6.07, 6.45) is 0. The molecule has 1 saturated heterocycles. The second-order valence-corrected chi connectivity index (χ2v) is 0.789. The highest BCUT2D eigenvalue weighted by molar-refractivity contribution is 5.41. The Morgan fingerprint density at radius 2 is 1.83 bits per heavy atom. The van der Waals surface area contributed by atoms with Crippen molar-refractivity contribution in [2.75, 3.05) is 13.2 Å². The first kappa shape index (κ1) is 5.41. The number of ether oxygens (including phenoxy) is 1. The van der Waals surface area contributed by atoms with Crippen molar-refractivity contribution in [1.82, 2.24) is 0 Å². The van der Waals surface area contributed by atoms with Gasteiger partial charge in [-0.25, -0.2) is 0 Å². The normalized spacial score (nSPS) is 13.3. The maximum Gasteiger partial charge on any atom is 0.0701 e. The third kappa shape index (κ3) is 118. The molecule has 0 unspecified atom stereocenters. The Hall–Kier alpha value is -0.590. The van der Waals surface area contributed by atoms with Crippen molar-refractivity contribution in [2.45, 2.75) is 0 Å². The second kappa shape index (κ2) is 4.41. The highest BCUT2D eigenvalue weighted by Gasteiger charge is 1.94. The van der Waals surface area contributed by atoms with E-state index in [1.807, 2.05) is 0 Å². The van der Waals surface area contributed by atoms with Gasteiger partial charge < -0.3 is 4.74 Å². The average Bonchev–Trinajstić information content (AvgIpc) is 2.11. The van der Waals surface area contributed by atoms with Gasteiger partial charge in [-0.1, -0.05) is 0 Å². The zero-order valence-electron chi connectivity index (χ0n) is 3.53. The molecule has 6 heavy (non-hydrogen) atoms. The summed E-state index contributed by atoms with van der Waals surface area (Å²) in [4.78, 5) is 0. The molecule has 1 fully saturated rings. The van der Waals surface area contributed by atoms with Crippen molar-refractivity contribution >= 4 is 5.87 Å². The summed E-state index contributed by atoms with van der Waals surface area (Å²) >= 11 is 0. The predicted octanol–water partition coefficient (Wildman–Crippen LogP) is 0.437. The lowest BCUT2D eigenvalue weighted by molar-refractivity contribution is 0.475. The van der Waals surface area contributed by atoms with Crippen molar-refractivity contribution in [3.05, 3.63) is 6.58 Å². The molecule has 0 atom stereocenters. The first-order valence-electron chi connectivity index (χ1n) is 1.68. The lowest BCUT2D eigenvalue weighted by Crippen LogP contribution is -1.20. The van der Waals surface area contributed by atoms with Crippen LogP contribution in [0.5, 0.6) is 0 Å². The zero-order valence-corrected chi connectivity index (χ0v) is 3.53. The van der Waals surface area contributed by atoms with Gasteiger partial charge >= 0.3 is 0 Å². The average molecular weight is 85.1 g/mol. The molecule has 0 aromatic heterocycles. The molecule has 0 aromatic rings. The van der Waals surface area contributed by atoms with Crippen LogP contribution in [0.1, 0.15) is 0 Å². The third-order valence-corrected chi connectivity index (χ3v) is 0.204. The van der Waals surface area contributed by atoms with E-state index < -0.39 is 0 Å². The van der Waals surface area contributed by atoms with E-state index in [0.717, 1.165) is 13.2 Å². The van der Waals surface area contributed by atoms with Crippen molar-refractivity contribution in [2.24, 2.45) is 0 Å². The Kier molecular flexibility index (Phi) is 3.98. The fourth-order valence-corrected chi connectivity index (χ4v) is 0. The highest BCUT2D eigenvalue weighted by Crippen LogP contribution is 1.84. The topological polar surface area (TPSA) is 36.4 Å². The van der Waals surface area contributed by atoms with Gasteiger partial charge in [0.05, 0.1) is 13.2 Å². The number of rotatable bonds is 0. The Morgan fingerprint density at radius 3 is 1.83 bits per heavy atom. The zero-order chi connectivity index (χ0) is 4.83. The molecule has 2 nitrogen and oxygen atoms in total. The summed E-state index contributed by atoms with van der Waals surface area (Å²) in [7, 11) is 0. The SMILES string of the molecule is C1CO1.C=C=N. The van der Waals surface area contributed by atoms with Gasteiger partial charge in [0.25, 0.3) is 0 Å². The molecule has 34 valence electrons. The second-order valence-electron chi connectivity index (χ2n) is 0.789. The molecule has 1 N–H and O–H groups in total. The van der Waals surface area contributed by atoms with Crippen LogP contribution in [0.2, 0.25) is 0 Å². The molecule has 0 aliphatic carbocycles. The van der Waals surface area contributed by atoms with Gasteiger partial charge in [0.2, 0.25) is 0 Å². The lowest BCUT2D eigenvalue weighted by Gasteiger charge is -1.24. The van der Waals surface area contributed by atoms with Crippen LogP contribution in [-0.2, 0) is 4.74 Å².